The van der Waals surface area contributed by atoms with E-state index in [4.69, 9.17) is 0 Å². The smallest absolute Gasteiger partial charge is 0.244 e. The first-order valence-corrected chi connectivity index (χ1v) is 8.25. The minimum absolute atomic E-state index is 0.182. The van der Waals surface area contributed by atoms with Gasteiger partial charge in [0.2, 0.25) is 10.0 Å². The lowest BCUT2D eigenvalue weighted by Gasteiger charge is -2.13. The summed E-state index contributed by atoms with van der Waals surface area (Å²) in [5.41, 5.74) is 0.920. The fourth-order valence-electron chi connectivity index (χ4n) is 1.94. The summed E-state index contributed by atoms with van der Waals surface area (Å²) in [5, 5.41) is 7.05. The fourth-order valence-corrected chi connectivity index (χ4v) is 3.13. The molecule has 1 aromatic heterocycles. The normalized spacial score (nSPS) is 13.2. The van der Waals surface area contributed by atoms with Crippen molar-refractivity contribution in [2.24, 2.45) is 0 Å². The lowest BCUT2D eigenvalue weighted by atomic mass is 10.1. The molecule has 2 rings (SSSR count). The van der Waals surface area contributed by atoms with Crippen molar-refractivity contribution in [1.82, 2.24) is 19.8 Å². The van der Waals surface area contributed by atoms with Crippen LogP contribution >= 0.6 is 0 Å². The number of hydrogen-bond acceptors (Lipinski definition) is 4. The number of rotatable bonds is 7. The topological polar surface area (TPSA) is 76.0 Å². The van der Waals surface area contributed by atoms with Gasteiger partial charge in [-0.05, 0) is 19.5 Å². The van der Waals surface area contributed by atoms with Gasteiger partial charge in [-0.15, -0.1) is 0 Å². The standard InChI is InChI=1S/C14H20N4O2S/c1-12(13-6-4-3-5-7-13)17-21(19,20)14-10-16-18(11-14)9-8-15-2/h3-7,10-12,15,17H,8-9H2,1-2H3. The minimum atomic E-state index is -3.57. The summed E-state index contributed by atoms with van der Waals surface area (Å²) in [6.07, 6.45) is 2.91. The van der Waals surface area contributed by atoms with Crippen molar-refractivity contribution in [3.05, 3.63) is 48.3 Å². The molecule has 2 N–H and O–H groups in total. The van der Waals surface area contributed by atoms with Crippen molar-refractivity contribution in [3.63, 3.8) is 0 Å². The number of likely N-dealkylation sites (N-methyl/N-ethyl adjacent to an activating group) is 1. The average Bonchev–Trinajstić information content (AvgIpc) is 2.95. The summed E-state index contributed by atoms with van der Waals surface area (Å²) < 4.78 is 28.9. The number of benzene rings is 1. The highest BCUT2D eigenvalue weighted by atomic mass is 32.2. The Morgan fingerprint density at radius 3 is 2.67 bits per heavy atom. The van der Waals surface area contributed by atoms with Gasteiger partial charge in [0.05, 0.1) is 12.7 Å². The molecule has 0 aliphatic heterocycles. The number of hydrogen-bond donors (Lipinski definition) is 2. The molecule has 0 radical (unpaired) electrons. The van der Waals surface area contributed by atoms with Crippen molar-refractivity contribution in [2.75, 3.05) is 13.6 Å². The van der Waals surface area contributed by atoms with Gasteiger partial charge in [0.25, 0.3) is 0 Å². The Morgan fingerprint density at radius 1 is 1.29 bits per heavy atom. The molecule has 0 aliphatic carbocycles. The molecule has 114 valence electrons. The Morgan fingerprint density at radius 2 is 2.00 bits per heavy atom. The van der Waals surface area contributed by atoms with Gasteiger partial charge in [-0.3, -0.25) is 4.68 Å². The maximum absolute atomic E-state index is 12.3. The molecule has 0 bridgehead atoms. The Labute approximate surface area is 125 Å². The molecule has 1 heterocycles. The predicted molar refractivity (Wildman–Crippen MR) is 81.3 cm³/mol. The SMILES string of the molecule is CNCCn1cc(S(=O)(=O)NC(C)c2ccccc2)cn1. The first-order valence-electron chi connectivity index (χ1n) is 6.77. The molecule has 6 nitrogen and oxygen atoms in total. The van der Waals surface area contributed by atoms with Crippen molar-refractivity contribution < 1.29 is 8.42 Å². The molecule has 1 atom stereocenters. The third-order valence-corrected chi connectivity index (χ3v) is 4.64. The van der Waals surface area contributed by atoms with Crippen LogP contribution in [0.3, 0.4) is 0 Å². The molecule has 21 heavy (non-hydrogen) atoms. The lowest BCUT2D eigenvalue weighted by Crippen LogP contribution is -2.26. The van der Waals surface area contributed by atoms with Crippen LogP contribution in [0.1, 0.15) is 18.5 Å². The summed E-state index contributed by atoms with van der Waals surface area (Å²) in [5.74, 6) is 0. The highest BCUT2D eigenvalue weighted by Crippen LogP contribution is 2.16. The van der Waals surface area contributed by atoms with Crippen LogP contribution in [0.15, 0.2) is 47.6 Å². The molecular formula is C14H20N4O2S. The molecule has 0 fully saturated rings. The first-order chi connectivity index (χ1) is 10.0. The number of nitrogens with one attached hydrogen (secondary N) is 2. The van der Waals surface area contributed by atoms with Gasteiger partial charge in [-0.25, -0.2) is 13.1 Å². The largest absolute Gasteiger partial charge is 0.318 e. The van der Waals surface area contributed by atoms with Crippen molar-refractivity contribution in [3.8, 4) is 0 Å². The summed E-state index contributed by atoms with van der Waals surface area (Å²) in [7, 11) is -1.73. The summed E-state index contributed by atoms with van der Waals surface area (Å²) in [6.45, 7) is 3.17. The van der Waals surface area contributed by atoms with E-state index in [-0.39, 0.29) is 10.9 Å². The van der Waals surface area contributed by atoms with Crippen LogP contribution in [0, 0.1) is 0 Å². The van der Waals surface area contributed by atoms with Crippen LogP contribution in [0.4, 0.5) is 0 Å². The van der Waals surface area contributed by atoms with Gasteiger partial charge in [-0.1, -0.05) is 30.3 Å². The van der Waals surface area contributed by atoms with E-state index in [0.717, 1.165) is 12.1 Å². The molecule has 0 spiro atoms. The molecule has 2 aromatic rings. The van der Waals surface area contributed by atoms with Crippen LogP contribution in [0.2, 0.25) is 0 Å². The van der Waals surface area contributed by atoms with E-state index < -0.39 is 10.0 Å². The van der Waals surface area contributed by atoms with E-state index in [2.05, 4.69) is 15.1 Å². The van der Waals surface area contributed by atoms with E-state index in [0.29, 0.717) is 6.54 Å². The van der Waals surface area contributed by atoms with Crippen LogP contribution in [-0.4, -0.2) is 31.8 Å². The average molecular weight is 308 g/mol. The molecule has 0 saturated carbocycles. The van der Waals surface area contributed by atoms with Crippen molar-refractivity contribution >= 4 is 10.0 Å². The lowest BCUT2D eigenvalue weighted by molar-refractivity contribution is 0.565. The fraction of sp³-hybridized carbons (Fsp3) is 0.357. The zero-order valence-corrected chi connectivity index (χ0v) is 13.0. The second-order valence-corrected chi connectivity index (χ2v) is 6.51. The summed E-state index contributed by atoms with van der Waals surface area (Å²) >= 11 is 0. The van der Waals surface area contributed by atoms with E-state index in [1.165, 1.54) is 12.4 Å². The maximum Gasteiger partial charge on any atom is 0.244 e. The molecule has 1 aromatic carbocycles. The maximum atomic E-state index is 12.3. The number of nitrogens with zero attached hydrogens (tertiary/aromatic N) is 2. The van der Waals surface area contributed by atoms with Gasteiger partial charge < -0.3 is 5.32 Å². The number of aromatic nitrogens is 2. The van der Waals surface area contributed by atoms with E-state index in [1.807, 2.05) is 44.3 Å². The third kappa shape index (κ3) is 4.13. The van der Waals surface area contributed by atoms with Gasteiger partial charge >= 0.3 is 0 Å². The summed E-state index contributed by atoms with van der Waals surface area (Å²) in [4.78, 5) is 0.182. The Bertz CT molecular complexity index is 667. The highest BCUT2D eigenvalue weighted by Gasteiger charge is 2.20. The van der Waals surface area contributed by atoms with Crippen LogP contribution < -0.4 is 10.0 Å². The zero-order valence-electron chi connectivity index (χ0n) is 12.2. The third-order valence-electron chi connectivity index (χ3n) is 3.14. The second kappa shape index (κ2) is 6.84. The monoisotopic (exact) mass is 308 g/mol. The van der Waals surface area contributed by atoms with E-state index >= 15 is 0 Å². The number of sulfonamides is 1. The van der Waals surface area contributed by atoms with Crippen LogP contribution in [-0.2, 0) is 16.6 Å². The van der Waals surface area contributed by atoms with Gasteiger partial charge in [0.15, 0.2) is 0 Å². The van der Waals surface area contributed by atoms with Crippen LogP contribution in [0.25, 0.3) is 0 Å². The van der Waals surface area contributed by atoms with Gasteiger partial charge in [-0.2, -0.15) is 5.10 Å². The summed E-state index contributed by atoms with van der Waals surface area (Å²) in [6, 6.07) is 9.16. The van der Waals surface area contributed by atoms with Crippen LogP contribution in [0.5, 0.6) is 0 Å². The quantitative estimate of drug-likeness (QED) is 0.804. The Kier molecular flexibility index (Phi) is 5.11. The molecule has 7 heteroatoms. The second-order valence-electron chi connectivity index (χ2n) is 4.80. The predicted octanol–water partition coefficient (Wildman–Crippen LogP) is 1.14. The van der Waals surface area contributed by atoms with Gasteiger partial charge in [0.1, 0.15) is 4.90 Å². The van der Waals surface area contributed by atoms with E-state index in [1.54, 1.807) is 4.68 Å². The molecule has 0 amide bonds. The zero-order chi connectivity index (χ0) is 15.3. The Balaban J connectivity index is 2.09. The van der Waals surface area contributed by atoms with Gasteiger partial charge in [0, 0.05) is 18.8 Å². The molecule has 1 unspecified atom stereocenters. The van der Waals surface area contributed by atoms with Crippen molar-refractivity contribution in [1.29, 1.82) is 0 Å². The molecular weight excluding hydrogens is 288 g/mol. The Hall–Kier alpha value is -1.70. The van der Waals surface area contributed by atoms with Crippen molar-refractivity contribution in [2.45, 2.75) is 24.4 Å². The minimum Gasteiger partial charge on any atom is -0.318 e. The highest BCUT2D eigenvalue weighted by molar-refractivity contribution is 7.89. The first kappa shape index (κ1) is 15.7. The molecule has 0 saturated heterocycles. The molecule has 0 aliphatic rings. The van der Waals surface area contributed by atoms with E-state index in [9.17, 15) is 8.42 Å².